The highest BCUT2D eigenvalue weighted by Crippen LogP contribution is 2.24. The summed E-state index contributed by atoms with van der Waals surface area (Å²) < 4.78 is 0. The van der Waals surface area contributed by atoms with Crippen LogP contribution in [-0.4, -0.2) is 33.0 Å². The lowest BCUT2D eigenvalue weighted by molar-refractivity contribution is 0.728. The summed E-state index contributed by atoms with van der Waals surface area (Å²) in [6.45, 7) is 4.06. The Balaban J connectivity index is 1.81. The highest BCUT2D eigenvalue weighted by molar-refractivity contribution is 7.09. The van der Waals surface area contributed by atoms with E-state index in [0.29, 0.717) is 11.9 Å². The maximum atomic E-state index is 5.82. The van der Waals surface area contributed by atoms with Gasteiger partial charge in [0.05, 0.1) is 6.04 Å². The Morgan fingerprint density at radius 2 is 2.14 bits per heavy atom. The lowest BCUT2D eigenvalue weighted by Crippen LogP contribution is -2.22. The second-order valence-corrected chi connectivity index (χ2v) is 5.91. The molecule has 8 heteroatoms. The van der Waals surface area contributed by atoms with Gasteiger partial charge in [-0.15, -0.1) is 11.3 Å². The first-order chi connectivity index (χ1) is 10.3. The molecule has 2 aromatic rings. The first-order valence-electron chi connectivity index (χ1n) is 7.18. The fraction of sp³-hybridized carbons (Fsp3) is 0.538. The largest absolute Gasteiger partial charge is 0.368 e. The standard InChI is InChI=1S/C13H19N7S/c1-2-9(10-15-5-8-21-10)16-12-17-11(14)18-13(19-12)20-6-3-4-7-20/h5,8-9H,2-4,6-7H2,1H3,(H3,14,16,17,18,19). The third kappa shape index (κ3) is 3.21. The van der Waals surface area contributed by atoms with Crippen LogP contribution in [0, 0.1) is 0 Å². The van der Waals surface area contributed by atoms with Crippen molar-refractivity contribution in [2.75, 3.05) is 29.0 Å². The molecule has 0 amide bonds. The Morgan fingerprint density at radius 3 is 2.81 bits per heavy atom. The van der Waals surface area contributed by atoms with Gasteiger partial charge >= 0.3 is 0 Å². The molecule has 1 aliphatic heterocycles. The van der Waals surface area contributed by atoms with Gasteiger partial charge in [-0.3, -0.25) is 0 Å². The number of hydrogen-bond acceptors (Lipinski definition) is 8. The van der Waals surface area contributed by atoms with E-state index in [1.807, 2.05) is 11.6 Å². The third-order valence-electron chi connectivity index (χ3n) is 3.49. The van der Waals surface area contributed by atoms with E-state index in [-0.39, 0.29) is 12.0 Å². The molecule has 1 saturated heterocycles. The number of hydrogen-bond donors (Lipinski definition) is 2. The molecule has 3 rings (SSSR count). The van der Waals surface area contributed by atoms with Crippen LogP contribution in [0.4, 0.5) is 17.8 Å². The van der Waals surface area contributed by atoms with Crippen molar-refractivity contribution < 1.29 is 0 Å². The summed E-state index contributed by atoms with van der Waals surface area (Å²) in [5.74, 6) is 1.44. The maximum absolute atomic E-state index is 5.82. The second-order valence-electron chi connectivity index (χ2n) is 4.99. The van der Waals surface area contributed by atoms with Gasteiger partial charge in [0.2, 0.25) is 17.8 Å². The summed E-state index contributed by atoms with van der Waals surface area (Å²) in [5.41, 5.74) is 5.82. The maximum Gasteiger partial charge on any atom is 0.231 e. The van der Waals surface area contributed by atoms with Crippen LogP contribution in [0.5, 0.6) is 0 Å². The minimum absolute atomic E-state index is 0.0956. The lowest BCUT2D eigenvalue weighted by Gasteiger charge is -2.18. The van der Waals surface area contributed by atoms with E-state index < -0.39 is 0 Å². The zero-order valence-electron chi connectivity index (χ0n) is 12.0. The molecular weight excluding hydrogens is 286 g/mol. The molecule has 3 heterocycles. The van der Waals surface area contributed by atoms with Crippen LogP contribution in [-0.2, 0) is 0 Å². The van der Waals surface area contributed by atoms with Gasteiger partial charge in [0.1, 0.15) is 5.01 Å². The smallest absolute Gasteiger partial charge is 0.231 e. The van der Waals surface area contributed by atoms with Crippen LogP contribution < -0.4 is 16.0 Å². The highest BCUT2D eigenvalue weighted by atomic mass is 32.1. The van der Waals surface area contributed by atoms with Crippen LogP contribution in [0.15, 0.2) is 11.6 Å². The number of nitrogens with zero attached hydrogens (tertiary/aromatic N) is 5. The number of rotatable bonds is 5. The average Bonchev–Trinajstić information content (AvgIpc) is 3.16. The van der Waals surface area contributed by atoms with Gasteiger partial charge in [0.15, 0.2) is 0 Å². The predicted octanol–water partition coefficient (Wildman–Crippen LogP) is 2.07. The van der Waals surface area contributed by atoms with Crippen LogP contribution in [0.2, 0.25) is 0 Å². The van der Waals surface area contributed by atoms with E-state index in [4.69, 9.17) is 5.73 Å². The molecule has 1 fully saturated rings. The first-order valence-corrected chi connectivity index (χ1v) is 8.06. The molecule has 1 unspecified atom stereocenters. The van der Waals surface area contributed by atoms with Crippen molar-refractivity contribution in [3.63, 3.8) is 0 Å². The molecule has 0 radical (unpaired) electrons. The van der Waals surface area contributed by atoms with Gasteiger partial charge in [-0.25, -0.2) is 4.98 Å². The number of nitrogen functional groups attached to an aromatic ring is 1. The van der Waals surface area contributed by atoms with Crippen LogP contribution in [0.25, 0.3) is 0 Å². The summed E-state index contributed by atoms with van der Waals surface area (Å²) in [5, 5.41) is 6.31. The second kappa shape index (κ2) is 6.21. The molecule has 0 aromatic carbocycles. The molecule has 7 nitrogen and oxygen atoms in total. The van der Waals surface area contributed by atoms with Gasteiger partial charge in [-0.1, -0.05) is 6.92 Å². The SMILES string of the molecule is CCC(Nc1nc(N)nc(N2CCCC2)n1)c1nccs1. The fourth-order valence-corrected chi connectivity index (χ4v) is 3.18. The molecule has 21 heavy (non-hydrogen) atoms. The molecule has 1 aliphatic rings. The fourth-order valence-electron chi connectivity index (χ4n) is 2.40. The summed E-state index contributed by atoms with van der Waals surface area (Å²) in [4.78, 5) is 19.4. The molecule has 2 aromatic heterocycles. The van der Waals surface area contributed by atoms with E-state index in [0.717, 1.165) is 24.5 Å². The molecule has 0 spiro atoms. The summed E-state index contributed by atoms with van der Waals surface area (Å²) in [6, 6.07) is 0.0956. The molecular formula is C13H19N7S. The van der Waals surface area contributed by atoms with Crippen molar-refractivity contribution in [2.45, 2.75) is 32.2 Å². The molecule has 0 saturated carbocycles. The minimum Gasteiger partial charge on any atom is -0.368 e. The van der Waals surface area contributed by atoms with Gasteiger partial charge in [-0.2, -0.15) is 15.0 Å². The Bertz CT molecular complexity index is 580. The summed E-state index contributed by atoms with van der Waals surface area (Å²) in [7, 11) is 0. The van der Waals surface area contributed by atoms with Gasteiger partial charge in [0, 0.05) is 24.7 Å². The summed E-state index contributed by atoms with van der Waals surface area (Å²) >= 11 is 1.62. The quantitative estimate of drug-likeness (QED) is 0.873. The first kappa shape index (κ1) is 14.0. The Kier molecular flexibility index (Phi) is 4.14. The van der Waals surface area contributed by atoms with E-state index in [2.05, 4.69) is 37.1 Å². The monoisotopic (exact) mass is 305 g/mol. The molecule has 112 valence electrons. The molecule has 0 aliphatic carbocycles. The van der Waals surface area contributed by atoms with E-state index in [1.165, 1.54) is 12.8 Å². The van der Waals surface area contributed by atoms with Gasteiger partial charge in [0.25, 0.3) is 0 Å². The highest BCUT2D eigenvalue weighted by Gasteiger charge is 2.18. The third-order valence-corrected chi connectivity index (χ3v) is 4.38. The average molecular weight is 305 g/mol. The van der Waals surface area contributed by atoms with Crippen molar-refractivity contribution in [3.8, 4) is 0 Å². The zero-order chi connectivity index (χ0) is 14.7. The topological polar surface area (TPSA) is 92.8 Å². The number of aromatic nitrogens is 4. The molecule has 3 N–H and O–H groups in total. The van der Waals surface area contributed by atoms with Crippen LogP contribution in [0.1, 0.15) is 37.2 Å². The molecule has 0 bridgehead atoms. The van der Waals surface area contributed by atoms with Crippen molar-refractivity contribution in [1.29, 1.82) is 0 Å². The number of nitrogens with one attached hydrogen (secondary N) is 1. The number of anilines is 3. The van der Waals surface area contributed by atoms with E-state index in [9.17, 15) is 0 Å². The Labute approximate surface area is 127 Å². The normalized spacial score (nSPS) is 16.1. The van der Waals surface area contributed by atoms with E-state index in [1.54, 1.807) is 11.3 Å². The number of thiazole rings is 1. The van der Waals surface area contributed by atoms with Crippen molar-refractivity contribution in [2.24, 2.45) is 0 Å². The van der Waals surface area contributed by atoms with Crippen LogP contribution in [0.3, 0.4) is 0 Å². The number of nitrogens with two attached hydrogens (primary N) is 1. The van der Waals surface area contributed by atoms with Gasteiger partial charge in [-0.05, 0) is 19.3 Å². The van der Waals surface area contributed by atoms with Crippen molar-refractivity contribution in [1.82, 2.24) is 19.9 Å². The lowest BCUT2D eigenvalue weighted by atomic mass is 10.2. The Hall–Kier alpha value is -1.96. The van der Waals surface area contributed by atoms with Crippen molar-refractivity contribution in [3.05, 3.63) is 16.6 Å². The van der Waals surface area contributed by atoms with Crippen LogP contribution >= 0.6 is 11.3 Å². The Morgan fingerprint density at radius 1 is 1.33 bits per heavy atom. The van der Waals surface area contributed by atoms with E-state index >= 15 is 0 Å². The predicted molar refractivity (Wildman–Crippen MR) is 84.5 cm³/mol. The summed E-state index contributed by atoms with van der Waals surface area (Å²) in [6.07, 6.45) is 5.05. The molecule has 1 atom stereocenters. The zero-order valence-corrected chi connectivity index (χ0v) is 12.8. The van der Waals surface area contributed by atoms with Crippen molar-refractivity contribution >= 4 is 29.2 Å². The van der Waals surface area contributed by atoms with Gasteiger partial charge < -0.3 is 16.0 Å². The minimum atomic E-state index is 0.0956.